The summed E-state index contributed by atoms with van der Waals surface area (Å²) in [6.45, 7) is 6.50. The van der Waals surface area contributed by atoms with Gasteiger partial charge in [0, 0.05) is 25.7 Å². The van der Waals surface area contributed by atoms with Gasteiger partial charge in [-0.2, -0.15) is 0 Å². The van der Waals surface area contributed by atoms with E-state index in [1.807, 2.05) is 0 Å². The molecule has 1 aliphatic carbocycles. The third-order valence-corrected chi connectivity index (χ3v) is 4.61. The van der Waals surface area contributed by atoms with Crippen LogP contribution in [0.5, 0.6) is 0 Å². The second-order valence-corrected chi connectivity index (χ2v) is 5.28. The molecule has 0 aromatic rings. The third-order valence-electron chi connectivity index (χ3n) is 4.61. The van der Waals surface area contributed by atoms with E-state index < -0.39 is 0 Å². The quantitative estimate of drug-likeness (QED) is 0.517. The second kappa shape index (κ2) is 1.88. The molecule has 0 amide bonds. The summed E-state index contributed by atoms with van der Waals surface area (Å²) in [5.41, 5.74) is 0.710. The van der Waals surface area contributed by atoms with Gasteiger partial charge in [0.15, 0.2) is 0 Å². The van der Waals surface area contributed by atoms with Gasteiger partial charge in [-0.1, -0.05) is 6.92 Å². The molecule has 3 fully saturated rings. The summed E-state index contributed by atoms with van der Waals surface area (Å²) in [4.78, 5) is 5.10. The first-order valence-electron chi connectivity index (χ1n) is 5.03. The van der Waals surface area contributed by atoms with Crippen LogP contribution in [-0.2, 0) is 0 Å². The zero-order valence-corrected chi connectivity index (χ0v) is 8.25. The molecule has 1 saturated carbocycles. The predicted molar refractivity (Wildman–Crippen MR) is 49.0 cm³/mol. The number of hydrogen-bond acceptors (Lipinski definition) is 2. The molecule has 3 rings (SSSR count). The molecular formula is C10H18N2. The van der Waals surface area contributed by atoms with E-state index in [-0.39, 0.29) is 0 Å². The van der Waals surface area contributed by atoms with E-state index >= 15 is 0 Å². The van der Waals surface area contributed by atoms with Gasteiger partial charge in [-0.3, -0.25) is 0 Å². The number of piperidine rings is 2. The van der Waals surface area contributed by atoms with E-state index in [4.69, 9.17) is 0 Å². The topological polar surface area (TPSA) is 6.48 Å². The second-order valence-electron chi connectivity index (χ2n) is 5.28. The van der Waals surface area contributed by atoms with E-state index in [1.165, 1.54) is 19.6 Å². The number of likely N-dealkylation sites (tertiary alicyclic amines) is 2. The SMILES string of the molecule is CN1CC2CN(C)C3C(C1)C23C. The summed E-state index contributed by atoms with van der Waals surface area (Å²) in [5, 5.41) is 0. The van der Waals surface area contributed by atoms with Crippen molar-refractivity contribution in [3.05, 3.63) is 0 Å². The Morgan fingerprint density at radius 2 is 1.92 bits per heavy atom. The maximum absolute atomic E-state index is 2.59. The van der Waals surface area contributed by atoms with Crippen molar-refractivity contribution < 1.29 is 0 Å². The third kappa shape index (κ3) is 0.612. The van der Waals surface area contributed by atoms with E-state index in [9.17, 15) is 0 Å². The Bertz CT molecular complexity index is 228. The molecule has 2 saturated heterocycles. The van der Waals surface area contributed by atoms with Crippen molar-refractivity contribution in [2.24, 2.45) is 17.3 Å². The molecule has 4 unspecified atom stereocenters. The minimum atomic E-state index is 0.710. The first kappa shape index (κ1) is 7.34. The van der Waals surface area contributed by atoms with Crippen molar-refractivity contribution >= 4 is 0 Å². The van der Waals surface area contributed by atoms with Crippen molar-refractivity contribution in [2.75, 3.05) is 33.7 Å². The van der Waals surface area contributed by atoms with Crippen LogP contribution in [0, 0.1) is 17.3 Å². The summed E-state index contributed by atoms with van der Waals surface area (Å²) in [5.74, 6) is 1.94. The highest BCUT2D eigenvalue weighted by Crippen LogP contribution is 2.66. The molecular weight excluding hydrogens is 148 g/mol. The zero-order chi connectivity index (χ0) is 8.51. The maximum atomic E-state index is 2.59. The number of rotatable bonds is 0. The molecule has 0 radical (unpaired) electrons. The number of hydrogen-bond donors (Lipinski definition) is 0. The summed E-state index contributed by atoms with van der Waals surface area (Å²) in [7, 11) is 4.57. The molecule has 0 aromatic carbocycles. The van der Waals surface area contributed by atoms with Gasteiger partial charge in [0.25, 0.3) is 0 Å². The van der Waals surface area contributed by atoms with E-state index in [0.717, 1.165) is 17.9 Å². The Morgan fingerprint density at radius 1 is 1.17 bits per heavy atom. The fourth-order valence-electron chi connectivity index (χ4n) is 3.92. The molecule has 2 heterocycles. The average Bonchev–Trinajstić information content (AvgIpc) is 2.45. The molecule has 4 atom stereocenters. The van der Waals surface area contributed by atoms with Gasteiger partial charge in [-0.15, -0.1) is 0 Å². The molecule has 0 aromatic heterocycles. The molecule has 0 spiro atoms. The molecule has 3 aliphatic rings. The lowest BCUT2D eigenvalue weighted by molar-refractivity contribution is 0.132. The highest BCUT2D eigenvalue weighted by Gasteiger charge is 2.72. The van der Waals surface area contributed by atoms with Crippen LogP contribution in [0.15, 0.2) is 0 Å². The molecule has 2 nitrogen and oxygen atoms in total. The van der Waals surface area contributed by atoms with Crippen LogP contribution in [-0.4, -0.2) is 49.6 Å². The van der Waals surface area contributed by atoms with Crippen LogP contribution < -0.4 is 0 Å². The Kier molecular flexibility index (Phi) is 1.15. The lowest BCUT2D eigenvalue weighted by atomic mass is 9.86. The van der Waals surface area contributed by atoms with Crippen LogP contribution in [0.1, 0.15) is 6.92 Å². The van der Waals surface area contributed by atoms with Gasteiger partial charge in [0.2, 0.25) is 0 Å². The Hall–Kier alpha value is -0.0800. The fraction of sp³-hybridized carbons (Fsp3) is 1.00. The summed E-state index contributed by atoms with van der Waals surface area (Å²) >= 11 is 0. The van der Waals surface area contributed by atoms with E-state index in [0.29, 0.717) is 5.41 Å². The number of fused-ring (bicyclic) bond motifs is 1. The van der Waals surface area contributed by atoms with Gasteiger partial charge in [-0.05, 0) is 31.3 Å². The van der Waals surface area contributed by atoms with Crippen molar-refractivity contribution in [1.29, 1.82) is 0 Å². The Labute approximate surface area is 74.5 Å². The fourth-order valence-corrected chi connectivity index (χ4v) is 3.92. The van der Waals surface area contributed by atoms with Crippen molar-refractivity contribution in [3.8, 4) is 0 Å². The van der Waals surface area contributed by atoms with Crippen LogP contribution in [0.4, 0.5) is 0 Å². The number of nitrogens with zero attached hydrogens (tertiary/aromatic N) is 2. The smallest absolute Gasteiger partial charge is 0.0200 e. The molecule has 12 heavy (non-hydrogen) atoms. The van der Waals surface area contributed by atoms with Crippen LogP contribution in [0.2, 0.25) is 0 Å². The lowest BCUT2D eigenvalue weighted by Crippen LogP contribution is -2.41. The van der Waals surface area contributed by atoms with Crippen LogP contribution in [0.3, 0.4) is 0 Å². The predicted octanol–water partition coefficient (Wildman–Crippen LogP) is 0.498. The first-order valence-corrected chi connectivity index (χ1v) is 5.03. The monoisotopic (exact) mass is 166 g/mol. The summed E-state index contributed by atoms with van der Waals surface area (Å²) in [6.07, 6.45) is 0. The zero-order valence-electron chi connectivity index (χ0n) is 8.25. The molecule has 0 bridgehead atoms. The molecule has 2 aliphatic heterocycles. The van der Waals surface area contributed by atoms with E-state index in [2.05, 4.69) is 30.8 Å². The highest BCUT2D eigenvalue weighted by atomic mass is 15.3. The highest BCUT2D eigenvalue weighted by molar-refractivity contribution is 5.24. The van der Waals surface area contributed by atoms with Gasteiger partial charge >= 0.3 is 0 Å². The van der Waals surface area contributed by atoms with Crippen LogP contribution >= 0.6 is 0 Å². The van der Waals surface area contributed by atoms with Gasteiger partial charge in [0.05, 0.1) is 0 Å². The van der Waals surface area contributed by atoms with Crippen molar-refractivity contribution in [3.63, 3.8) is 0 Å². The minimum Gasteiger partial charge on any atom is -0.306 e. The van der Waals surface area contributed by atoms with Crippen molar-refractivity contribution in [2.45, 2.75) is 13.0 Å². The standard InChI is InChI=1S/C10H18N2/c1-10-7-4-11(2)6-8(10)9(10)12(3)5-7/h7-9H,4-6H2,1-3H3. The molecule has 2 heteroatoms. The maximum Gasteiger partial charge on any atom is 0.0200 e. The van der Waals surface area contributed by atoms with E-state index in [1.54, 1.807) is 0 Å². The Morgan fingerprint density at radius 3 is 2.58 bits per heavy atom. The summed E-state index contributed by atoms with van der Waals surface area (Å²) < 4.78 is 0. The normalized spacial score (nSPS) is 58.8. The van der Waals surface area contributed by atoms with Crippen LogP contribution in [0.25, 0.3) is 0 Å². The molecule has 68 valence electrons. The van der Waals surface area contributed by atoms with Gasteiger partial charge in [-0.25, -0.2) is 0 Å². The Balaban J connectivity index is 1.92. The molecule has 0 N–H and O–H groups in total. The lowest BCUT2D eigenvalue weighted by Gasteiger charge is -2.34. The first-order chi connectivity index (χ1) is 5.64. The summed E-state index contributed by atoms with van der Waals surface area (Å²) in [6, 6.07) is 0.924. The largest absolute Gasteiger partial charge is 0.306 e. The minimum absolute atomic E-state index is 0.710. The van der Waals surface area contributed by atoms with Gasteiger partial charge < -0.3 is 9.80 Å². The average molecular weight is 166 g/mol. The van der Waals surface area contributed by atoms with Gasteiger partial charge in [0.1, 0.15) is 0 Å². The van der Waals surface area contributed by atoms with Crippen molar-refractivity contribution in [1.82, 2.24) is 9.80 Å².